The van der Waals surface area contributed by atoms with Crippen LogP contribution in [0.25, 0.3) is 11.4 Å². The van der Waals surface area contributed by atoms with Gasteiger partial charge in [-0.15, -0.1) is 0 Å². The Hall–Kier alpha value is -4.06. The van der Waals surface area contributed by atoms with Gasteiger partial charge in [0.15, 0.2) is 0 Å². The molecule has 0 amide bonds. The number of hydrogen-bond donors (Lipinski definition) is 0. The summed E-state index contributed by atoms with van der Waals surface area (Å²) in [6.45, 7) is 5.52. The topological polar surface area (TPSA) is 75.8 Å². The Morgan fingerprint density at radius 1 is 0.897 bits per heavy atom. The average molecular weight is 380 g/mol. The Bertz CT molecular complexity index is 1050. The second-order valence-corrected chi connectivity index (χ2v) is 5.81. The highest BCUT2D eigenvalue weighted by atomic mass is 14.8. The van der Waals surface area contributed by atoms with Crippen molar-refractivity contribution in [2.45, 2.75) is 6.92 Å². The molecule has 0 aromatic carbocycles. The summed E-state index contributed by atoms with van der Waals surface area (Å²) in [4.78, 5) is 26.0. The first kappa shape index (κ1) is 19.7. The molecule has 3 heterocycles. The van der Waals surface area contributed by atoms with Crippen molar-refractivity contribution in [3.8, 4) is 11.4 Å². The van der Waals surface area contributed by atoms with Gasteiger partial charge in [-0.2, -0.15) is 0 Å². The molecule has 0 atom stereocenters. The number of aromatic nitrogens is 3. The van der Waals surface area contributed by atoms with Crippen LogP contribution in [-0.2, 0) is 0 Å². The maximum atomic E-state index is 4.44. The summed E-state index contributed by atoms with van der Waals surface area (Å²) in [5, 5.41) is 0. The number of pyridine rings is 3. The molecule has 3 rings (SSSR count). The summed E-state index contributed by atoms with van der Waals surface area (Å²) >= 11 is 0. The number of allylic oxidation sites excluding steroid dienone is 2. The van der Waals surface area contributed by atoms with E-state index in [1.54, 1.807) is 31.0 Å². The van der Waals surface area contributed by atoms with Crippen molar-refractivity contribution in [2.75, 3.05) is 0 Å². The molecule has 29 heavy (non-hydrogen) atoms. The summed E-state index contributed by atoms with van der Waals surface area (Å²) in [6.07, 6.45) is 13.7. The van der Waals surface area contributed by atoms with Gasteiger partial charge in [0.25, 0.3) is 0 Å². The predicted molar refractivity (Wildman–Crippen MR) is 120 cm³/mol. The largest absolute Gasteiger partial charge is 0.256 e. The third-order valence-corrected chi connectivity index (χ3v) is 3.72. The molecule has 0 fully saturated rings. The monoisotopic (exact) mass is 380 g/mol. The molecule has 0 radical (unpaired) electrons. The quantitative estimate of drug-likeness (QED) is 0.532. The zero-order chi connectivity index (χ0) is 20.3. The maximum absolute atomic E-state index is 4.44. The average Bonchev–Trinajstić information content (AvgIpc) is 2.78. The van der Waals surface area contributed by atoms with E-state index in [2.05, 4.69) is 36.5 Å². The Balaban J connectivity index is 1.69. The summed E-state index contributed by atoms with van der Waals surface area (Å²) in [6, 6.07) is 13.2. The minimum absolute atomic E-state index is 0.718. The van der Waals surface area contributed by atoms with Crippen LogP contribution in [0.5, 0.6) is 0 Å². The highest BCUT2D eigenvalue weighted by molar-refractivity contribution is 6.36. The summed E-state index contributed by atoms with van der Waals surface area (Å²) < 4.78 is 0. The van der Waals surface area contributed by atoms with E-state index >= 15 is 0 Å². The molecule has 0 saturated carbocycles. The zero-order valence-electron chi connectivity index (χ0n) is 16.1. The fraction of sp³-hybridized carbons (Fsp3) is 0.0435. The molecule has 142 valence electrons. The van der Waals surface area contributed by atoms with Gasteiger partial charge in [-0.1, -0.05) is 18.7 Å². The van der Waals surface area contributed by atoms with Crippen molar-refractivity contribution in [3.63, 3.8) is 0 Å². The lowest BCUT2D eigenvalue weighted by atomic mass is 10.2. The molecule has 0 spiro atoms. The Kier molecular flexibility index (Phi) is 7.01. The van der Waals surface area contributed by atoms with Crippen molar-refractivity contribution in [3.05, 3.63) is 91.7 Å². The minimum Gasteiger partial charge on any atom is -0.256 e. The van der Waals surface area contributed by atoms with Crippen molar-refractivity contribution < 1.29 is 0 Å². The van der Waals surface area contributed by atoms with E-state index < -0.39 is 0 Å². The second kappa shape index (κ2) is 10.3. The van der Waals surface area contributed by atoms with E-state index in [4.69, 9.17) is 0 Å². The summed E-state index contributed by atoms with van der Waals surface area (Å²) in [7, 11) is 0. The number of aliphatic imine (C=N–C) groups is 3. The van der Waals surface area contributed by atoms with Crippen molar-refractivity contribution in [1.29, 1.82) is 0 Å². The Morgan fingerprint density at radius 2 is 1.62 bits per heavy atom. The third kappa shape index (κ3) is 5.97. The molecule has 3 aromatic heterocycles. The van der Waals surface area contributed by atoms with Gasteiger partial charge in [0.05, 0.1) is 59.0 Å². The highest BCUT2D eigenvalue weighted by Gasteiger charge is 2.01. The molecule has 0 aliphatic rings. The first-order valence-corrected chi connectivity index (χ1v) is 9.01. The van der Waals surface area contributed by atoms with Crippen LogP contribution in [0.4, 0.5) is 11.4 Å². The van der Waals surface area contributed by atoms with Gasteiger partial charge in [0, 0.05) is 12.4 Å². The van der Waals surface area contributed by atoms with Gasteiger partial charge in [-0.05, 0) is 49.4 Å². The molecule has 0 saturated heterocycles. The van der Waals surface area contributed by atoms with Gasteiger partial charge in [0.1, 0.15) is 0 Å². The van der Waals surface area contributed by atoms with Crippen LogP contribution in [0, 0.1) is 0 Å². The standard InChI is InChI=1S/C23H20N6/c1-3-7-18(24-4-2)14-26-20-9-11-22(28-16-20)23-12-10-21(17-29-23)27-15-19-8-5-6-13-25-19/h3-17H,2H2,1H3/b7-3-,24-18?,26-14?,27-15?. The van der Waals surface area contributed by atoms with Gasteiger partial charge < -0.3 is 0 Å². The fourth-order valence-electron chi connectivity index (χ4n) is 2.36. The molecule has 0 unspecified atom stereocenters. The Morgan fingerprint density at radius 3 is 2.17 bits per heavy atom. The first-order chi connectivity index (χ1) is 14.3. The number of hydrogen-bond acceptors (Lipinski definition) is 6. The lowest BCUT2D eigenvalue weighted by molar-refractivity contribution is 1.23. The van der Waals surface area contributed by atoms with Crippen LogP contribution in [0.2, 0.25) is 0 Å². The third-order valence-electron chi connectivity index (χ3n) is 3.72. The smallest absolute Gasteiger partial charge is 0.0887 e. The molecule has 6 nitrogen and oxygen atoms in total. The van der Waals surface area contributed by atoms with Crippen LogP contribution in [-0.4, -0.2) is 33.1 Å². The van der Waals surface area contributed by atoms with Crippen LogP contribution >= 0.6 is 0 Å². The van der Waals surface area contributed by atoms with Gasteiger partial charge in [-0.3, -0.25) is 29.9 Å². The van der Waals surface area contributed by atoms with Crippen molar-refractivity contribution in [1.82, 2.24) is 15.0 Å². The molecule has 0 aliphatic carbocycles. The lowest BCUT2D eigenvalue weighted by Crippen LogP contribution is -1.93. The molecule has 3 aromatic rings. The van der Waals surface area contributed by atoms with Gasteiger partial charge >= 0.3 is 0 Å². The van der Waals surface area contributed by atoms with Crippen molar-refractivity contribution in [2.24, 2.45) is 15.0 Å². The van der Waals surface area contributed by atoms with Gasteiger partial charge in [0.2, 0.25) is 0 Å². The highest BCUT2D eigenvalue weighted by Crippen LogP contribution is 2.20. The molecule has 0 bridgehead atoms. The number of rotatable bonds is 7. The second-order valence-electron chi connectivity index (χ2n) is 5.81. The first-order valence-electron chi connectivity index (χ1n) is 9.01. The molecule has 0 aliphatic heterocycles. The van der Waals surface area contributed by atoms with Crippen LogP contribution in [0.3, 0.4) is 0 Å². The normalized spacial score (nSPS) is 12.2. The summed E-state index contributed by atoms with van der Waals surface area (Å²) in [5.74, 6) is 0. The summed E-state index contributed by atoms with van der Waals surface area (Å²) in [5.41, 5.74) is 4.52. The minimum atomic E-state index is 0.718. The van der Waals surface area contributed by atoms with Crippen LogP contribution in [0.1, 0.15) is 12.6 Å². The number of nitrogens with zero attached hydrogens (tertiary/aromatic N) is 6. The van der Waals surface area contributed by atoms with E-state index in [-0.39, 0.29) is 0 Å². The maximum Gasteiger partial charge on any atom is 0.0887 e. The van der Waals surface area contributed by atoms with Crippen molar-refractivity contribution >= 4 is 29.5 Å². The molecule has 6 heteroatoms. The van der Waals surface area contributed by atoms with Gasteiger partial charge in [-0.25, -0.2) is 0 Å². The van der Waals surface area contributed by atoms with Crippen LogP contribution in [0.15, 0.2) is 101 Å². The SMILES string of the molecule is C=CN=C(C=Nc1ccc(-c2ccc(N=Cc3ccccn3)cn2)nc1)/C=C\C. The molecular formula is C23H20N6. The lowest BCUT2D eigenvalue weighted by Gasteiger charge is -2.01. The van der Waals surface area contributed by atoms with E-state index in [0.717, 1.165) is 34.2 Å². The van der Waals surface area contributed by atoms with E-state index in [1.807, 2.05) is 61.5 Å². The van der Waals surface area contributed by atoms with E-state index in [0.29, 0.717) is 0 Å². The Labute approximate surface area is 169 Å². The van der Waals surface area contributed by atoms with E-state index in [1.165, 1.54) is 6.20 Å². The van der Waals surface area contributed by atoms with Crippen LogP contribution < -0.4 is 0 Å². The fourth-order valence-corrected chi connectivity index (χ4v) is 2.36. The molecule has 0 N–H and O–H groups in total. The zero-order valence-corrected chi connectivity index (χ0v) is 16.1. The predicted octanol–water partition coefficient (Wildman–Crippen LogP) is 5.15. The van der Waals surface area contributed by atoms with E-state index in [9.17, 15) is 0 Å². The molecular weight excluding hydrogens is 360 g/mol.